The van der Waals surface area contributed by atoms with Gasteiger partial charge in [-0.05, 0) is 36.1 Å². The first-order chi connectivity index (χ1) is 15.4. The molecule has 5 nitrogen and oxygen atoms in total. The Morgan fingerprint density at radius 3 is 2.38 bits per heavy atom. The summed E-state index contributed by atoms with van der Waals surface area (Å²) in [7, 11) is 1.70. The Morgan fingerprint density at radius 2 is 1.62 bits per heavy atom. The average Bonchev–Trinajstić information content (AvgIpc) is 3.26. The highest BCUT2D eigenvalue weighted by Crippen LogP contribution is 2.53. The fraction of sp³-hybridized carbons (Fsp3) is 0.222. The van der Waals surface area contributed by atoms with E-state index in [-0.39, 0.29) is 24.2 Å². The number of hydrogen-bond donors (Lipinski definition) is 1. The smallest absolute Gasteiger partial charge is 0.236 e. The van der Waals surface area contributed by atoms with Crippen LogP contribution >= 0.6 is 0 Å². The van der Waals surface area contributed by atoms with Gasteiger partial charge in [0.1, 0.15) is 5.41 Å². The molecule has 1 N–H and O–H groups in total. The van der Waals surface area contributed by atoms with Gasteiger partial charge in [0.05, 0.1) is 12.0 Å². The molecular formula is C27H24N2O3. The number of para-hydroxylation sites is 1. The predicted molar refractivity (Wildman–Crippen MR) is 123 cm³/mol. The zero-order valence-corrected chi connectivity index (χ0v) is 18.0. The molecule has 1 unspecified atom stereocenters. The van der Waals surface area contributed by atoms with Crippen LogP contribution in [0.3, 0.4) is 0 Å². The molecule has 0 aromatic heterocycles. The first kappa shape index (κ1) is 20.2. The number of carbonyl (C=O) groups is 3. The van der Waals surface area contributed by atoms with Gasteiger partial charge in [0, 0.05) is 18.3 Å². The monoisotopic (exact) mass is 424 g/mol. The quantitative estimate of drug-likeness (QED) is 0.643. The third-order valence-corrected chi connectivity index (χ3v) is 6.87. The molecule has 1 aliphatic heterocycles. The normalized spacial score (nSPS) is 22.4. The number of amides is 2. The lowest BCUT2D eigenvalue weighted by molar-refractivity contribution is -0.134. The number of ketones is 1. The van der Waals surface area contributed by atoms with Crippen LogP contribution < -0.4 is 10.2 Å². The Hall–Kier alpha value is -3.73. The number of Topliss-reactive ketones (excluding diaryl/α,β-unsaturated/α-hetero) is 1. The number of likely N-dealkylation sites (N-methyl/N-ethyl adjacent to an activating group) is 1. The van der Waals surface area contributed by atoms with Gasteiger partial charge in [-0.15, -0.1) is 0 Å². The van der Waals surface area contributed by atoms with E-state index in [1.165, 1.54) is 0 Å². The summed E-state index contributed by atoms with van der Waals surface area (Å²) < 4.78 is 0. The Labute approximate surface area is 187 Å². The molecule has 0 saturated heterocycles. The van der Waals surface area contributed by atoms with E-state index in [2.05, 4.69) is 5.32 Å². The van der Waals surface area contributed by atoms with E-state index in [4.69, 9.17) is 0 Å². The first-order valence-electron chi connectivity index (χ1n) is 10.8. The zero-order valence-electron chi connectivity index (χ0n) is 18.0. The van der Waals surface area contributed by atoms with Crippen molar-refractivity contribution in [1.29, 1.82) is 0 Å². The number of nitrogens with zero attached hydrogens (tertiary/aromatic N) is 1. The molecular weight excluding hydrogens is 400 g/mol. The molecule has 5 heteroatoms. The van der Waals surface area contributed by atoms with Gasteiger partial charge in [-0.25, -0.2) is 0 Å². The van der Waals surface area contributed by atoms with E-state index in [1.54, 1.807) is 24.1 Å². The summed E-state index contributed by atoms with van der Waals surface area (Å²) in [5.41, 5.74) is 2.21. The van der Waals surface area contributed by atoms with Gasteiger partial charge in [-0.3, -0.25) is 14.4 Å². The van der Waals surface area contributed by atoms with Gasteiger partial charge in [-0.1, -0.05) is 72.8 Å². The van der Waals surface area contributed by atoms with Crippen LogP contribution in [0.1, 0.15) is 45.9 Å². The van der Waals surface area contributed by atoms with Crippen molar-refractivity contribution in [2.45, 2.75) is 25.3 Å². The minimum atomic E-state index is -1.52. The summed E-state index contributed by atoms with van der Waals surface area (Å²) in [6.07, 6.45) is 0.202. The van der Waals surface area contributed by atoms with E-state index in [1.807, 2.05) is 73.7 Å². The standard InChI is InChI=1S/C27H24N2O3/c1-17(18-10-4-3-5-11-18)28-26(32)27(16-19-12-6-7-13-20(19)24(27)30)23-21-14-8-9-15-22(21)29(2)25(23)31/h3-15,17,23H,16H2,1-2H3,(H,28,32)/t17-,23?,27-/m0/s1. The van der Waals surface area contributed by atoms with Crippen LogP contribution in [0, 0.1) is 5.41 Å². The third kappa shape index (κ3) is 2.81. The number of nitrogens with one attached hydrogen (secondary N) is 1. The molecule has 0 saturated carbocycles. The van der Waals surface area contributed by atoms with Crippen molar-refractivity contribution in [3.05, 3.63) is 101 Å². The lowest BCUT2D eigenvalue weighted by atomic mass is 9.68. The highest BCUT2D eigenvalue weighted by atomic mass is 16.2. The average molecular weight is 425 g/mol. The maximum absolute atomic E-state index is 14.0. The molecule has 3 aromatic rings. The van der Waals surface area contributed by atoms with Crippen molar-refractivity contribution < 1.29 is 14.4 Å². The zero-order chi connectivity index (χ0) is 22.5. The van der Waals surface area contributed by atoms with Crippen LogP contribution in [0.15, 0.2) is 78.9 Å². The highest BCUT2D eigenvalue weighted by molar-refractivity contribution is 6.23. The second kappa shape index (κ2) is 7.45. The number of anilines is 1. The lowest BCUT2D eigenvalue weighted by Crippen LogP contribution is -2.52. The Bertz CT molecular complexity index is 1240. The van der Waals surface area contributed by atoms with E-state index < -0.39 is 17.2 Å². The highest BCUT2D eigenvalue weighted by Gasteiger charge is 2.62. The molecule has 1 aliphatic carbocycles. The molecule has 3 atom stereocenters. The van der Waals surface area contributed by atoms with E-state index >= 15 is 0 Å². The summed E-state index contributed by atoms with van der Waals surface area (Å²) in [6.45, 7) is 1.89. The van der Waals surface area contributed by atoms with Crippen molar-refractivity contribution in [3.8, 4) is 0 Å². The molecule has 0 spiro atoms. The van der Waals surface area contributed by atoms with Crippen molar-refractivity contribution in [2.24, 2.45) is 5.41 Å². The number of benzene rings is 3. The van der Waals surface area contributed by atoms with Gasteiger partial charge in [0.2, 0.25) is 11.8 Å². The Kier molecular flexibility index (Phi) is 4.70. The second-order valence-electron chi connectivity index (χ2n) is 8.63. The minimum absolute atomic E-state index is 0.202. The number of hydrogen-bond acceptors (Lipinski definition) is 3. The van der Waals surface area contributed by atoms with E-state index in [0.717, 1.165) is 22.4 Å². The lowest BCUT2D eigenvalue weighted by Gasteiger charge is -2.33. The van der Waals surface area contributed by atoms with Gasteiger partial charge in [-0.2, -0.15) is 0 Å². The van der Waals surface area contributed by atoms with Gasteiger partial charge < -0.3 is 10.2 Å². The molecule has 160 valence electrons. The first-order valence-corrected chi connectivity index (χ1v) is 10.8. The summed E-state index contributed by atoms with van der Waals surface area (Å²) in [5.74, 6) is -1.78. The number of carbonyl (C=O) groups excluding carboxylic acids is 3. The summed E-state index contributed by atoms with van der Waals surface area (Å²) in [5, 5.41) is 3.06. The van der Waals surface area contributed by atoms with Gasteiger partial charge in [0.15, 0.2) is 5.78 Å². The fourth-order valence-corrected chi connectivity index (χ4v) is 5.17. The maximum atomic E-state index is 14.0. The summed E-state index contributed by atoms with van der Waals surface area (Å²) in [4.78, 5) is 42.9. The molecule has 0 bridgehead atoms. The largest absolute Gasteiger partial charge is 0.349 e. The van der Waals surface area contributed by atoms with Crippen LogP contribution in [0.2, 0.25) is 0 Å². The van der Waals surface area contributed by atoms with Gasteiger partial charge in [0.25, 0.3) is 0 Å². The van der Waals surface area contributed by atoms with Crippen molar-refractivity contribution >= 4 is 23.3 Å². The second-order valence-corrected chi connectivity index (χ2v) is 8.63. The Balaban J connectivity index is 1.63. The summed E-state index contributed by atoms with van der Waals surface area (Å²) >= 11 is 0. The van der Waals surface area contributed by atoms with Crippen molar-refractivity contribution in [2.75, 3.05) is 11.9 Å². The molecule has 5 rings (SSSR count). The van der Waals surface area contributed by atoms with Crippen LogP contribution in [-0.2, 0) is 16.0 Å². The molecule has 2 aliphatic rings. The minimum Gasteiger partial charge on any atom is -0.349 e. The molecule has 32 heavy (non-hydrogen) atoms. The van der Waals surface area contributed by atoms with E-state index in [9.17, 15) is 14.4 Å². The third-order valence-electron chi connectivity index (χ3n) is 6.87. The molecule has 2 amide bonds. The van der Waals surface area contributed by atoms with E-state index in [0.29, 0.717) is 5.56 Å². The van der Waals surface area contributed by atoms with Crippen LogP contribution in [0.25, 0.3) is 0 Å². The topological polar surface area (TPSA) is 66.5 Å². The number of fused-ring (bicyclic) bond motifs is 2. The SMILES string of the molecule is C[C@H](NC(=O)[C@]1(C2C(=O)N(C)c3ccccc32)Cc2ccccc2C1=O)c1ccccc1. The molecule has 3 aromatic carbocycles. The molecule has 1 heterocycles. The van der Waals surface area contributed by atoms with Crippen molar-refractivity contribution in [3.63, 3.8) is 0 Å². The Morgan fingerprint density at radius 1 is 0.969 bits per heavy atom. The predicted octanol–water partition coefficient (Wildman–Crippen LogP) is 4.05. The van der Waals surface area contributed by atoms with Crippen LogP contribution in [0.4, 0.5) is 5.69 Å². The van der Waals surface area contributed by atoms with Crippen LogP contribution in [0.5, 0.6) is 0 Å². The van der Waals surface area contributed by atoms with Crippen molar-refractivity contribution in [1.82, 2.24) is 5.32 Å². The maximum Gasteiger partial charge on any atom is 0.236 e. The number of rotatable bonds is 4. The molecule has 0 fully saturated rings. The van der Waals surface area contributed by atoms with Crippen LogP contribution in [-0.4, -0.2) is 24.6 Å². The summed E-state index contributed by atoms with van der Waals surface area (Å²) in [6, 6.07) is 24.0. The fourth-order valence-electron chi connectivity index (χ4n) is 5.17. The molecule has 0 radical (unpaired) electrons. The van der Waals surface area contributed by atoms with Gasteiger partial charge >= 0.3 is 0 Å².